The molecule has 0 heterocycles. The molecule has 0 amide bonds. The molecule has 1 aromatic rings. The molecule has 4 heteroatoms. The molecule has 0 radical (unpaired) electrons. The maximum Gasteiger partial charge on any atom is 0.508 e. The van der Waals surface area contributed by atoms with E-state index in [1.54, 1.807) is 0 Å². The van der Waals surface area contributed by atoms with Gasteiger partial charge >= 0.3 is 6.16 Å². The first-order valence-corrected chi connectivity index (χ1v) is 9.72. The number of aryl methyl sites for hydroxylation is 1. The van der Waals surface area contributed by atoms with Gasteiger partial charge in [0.05, 0.1) is 12.2 Å². The van der Waals surface area contributed by atoms with Gasteiger partial charge in [0.15, 0.2) is 0 Å². The molecule has 1 aliphatic rings. The Labute approximate surface area is 151 Å². The minimum atomic E-state index is -0.810. The summed E-state index contributed by atoms with van der Waals surface area (Å²) in [4.78, 5) is 11.6. The zero-order chi connectivity index (χ0) is 18.1. The monoisotopic (exact) mass is 348 g/mol. The molecule has 2 rings (SSSR count). The molecule has 0 saturated heterocycles. The second kappa shape index (κ2) is 9.81. The highest BCUT2D eigenvalue weighted by Crippen LogP contribution is 2.38. The molecule has 1 saturated carbocycles. The van der Waals surface area contributed by atoms with Gasteiger partial charge < -0.3 is 14.6 Å². The lowest BCUT2D eigenvalue weighted by atomic mass is 9.78. The number of hydrogen-bond acceptors (Lipinski definition) is 4. The fourth-order valence-corrected chi connectivity index (χ4v) is 3.31. The van der Waals surface area contributed by atoms with Gasteiger partial charge in [-0.15, -0.1) is 0 Å². The zero-order valence-corrected chi connectivity index (χ0v) is 15.6. The summed E-state index contributed by atoms with van der Waals surface area (Å²) < 4.78 is 10.4. The highest BCUT2D eigenvalue weighted by molar-refractivity contribution is 5.60. The molecule has 0 bridgehead atoms. The van der Waals surface area contributed by atoms with E-state index in [1.807, 2.05) is 19.1 Å². The van der Waals surface area contributed by atoms with Crippen molar-refractivity contribution < 1.29 is 19.4 Å². The van der Waals surface area contributed by atoms with Gasteiger partial charge in [-0.2, -0.15) is 0 Å². The van der Waals surface area contributed by atoms with Gasteiger partial charge in [-0.1, -0.05) is 51.0 Å². The topological polar surface area (TPSA) is 55.8 Å². The van der Waals surface area contributed by atoms with E-state index < -0.39 is 11.8 Å². The second-order valence-corrected chi connectivity index (χ2v) is 7.10. The van der Waals surface area contributed by atoms with E-state index in [2.05, 4.69) is 19.1 Å². The SMILES string of the molecule is CCCCOC(=O)OC1CCC(O)(c2ccc(CCCC)cc2)CC1. The molecule has 0 spiro atoms. The lowest BCUT2D eigenvalue weighted by Gasteiger charge is -2.36. The molecular weight excluding hydrogens is 316 g/mol. The van der Waals surface area contributed by atoms with Gasteiger partial charge in [-0.25, -0.2) is 4.79 Å². The first kappa shape index (κ1) is 19.8. The van der Waals surface area contributed by atoms with E-state index in [9.17, 15) is 9.90 Å². The average Bonchev–Trinajstić information content (AvgIpc) is 2.63. The molecule has 1 N–H and O–H groups in total. The van der Waals surface area contributed by atoms with Crippen molar-refractivity contribution in [1.29, 1.82) is 0 Å². The van der Waals surface area contributed by atoms with Crippen molar-refractivity contribution in [3.63, 3.8) is 0 Å². The van der Waals surface area contributed by atoms with E-state index >= 15 is 0 Å². The molecule has 25 heavy (non-hydrogen) atoms. The van der Waals surface area contributed by atoms with Gasteiger partial charge in [0.2, 0.25) is 0 Å². The van der Waals surface area contributed by atoms with Crippen LogP contribution in [0.25, 0.3) is 0 Å². The number of benzene rings is 1. The van der Waals surface area contributed by atoms with Crippen molar-refractivity contribution in [2.45, 2.75) is 83.3 Å². The standard InChI is InChI=1S/C21H32O4/c1-3-5-7-17-8-10-18(11-9-17)21(23)14-12-19(13-15-21)25-20(22)24-16-6-4-2/h8-11,19,23H,3-7,12-16H2,1-2H3. The lowest BCUT2D eigenvalue weighted by molar-refractivity contribution is -0.0537. The Bertz CT molecular complexity index is 515. The fraction of sp³-hybridized carbons (Fsp3) is 0.667. The van der Waals surface area contributed by atoms with Gasteiger partial charge in [0, 0.05) is 0 Å². The van der Waals surface area contributed by atoms with E-state index in [1.165, 1.54) is 18.4 Å². The first-order chi connectivity index (χ1) is 12.1. The Balaban J connectivity index is 1.82. The predicted molar refractivity (Wildman–Crippen MR) is 98.5 cm³/mol. The van der Waals surface area contributed by atoms with Crippen LogP contribution in [-0.4, -0.2) is 24.0 Å². The number of ether oxygens (including phenoxy) is 2. The molecule has 140 valence electrons. The molecule has 1 fully saturated rings. The molecule has 1 aliphatic carbocycles. The summed E-state index contributed by atoms with van der Waals surface area (Å²) in [5.74, 6) is 0. The summed E-state index contributed by atoms with van der Waals surface area (Å²) >= 11 is 0. The Morgan fingerprint density at radius 2 is 1.76 bits per heavy atom. The highest BCUT2D eigenvalue weighted by Gasteiger charge is 2.36. The second-order valence-electron chi connectivity index (χ2n) is 7.10. The summed E-state index contributed by atoms with van der Waals surface area (Å²) in [7, 11) is 0. The maximum atomic E-state index is 11.6. The summed E-state index contributed by atoms with van der Waals surface area (Å²) in [6.07, 6.45) is 7.11. The molecule has 4 nitrogen and oxygen atoms in total. The van der Waals surface area contributed by atoms with Crippen LogP contribution >= 0.6 is 0 Å². The van der Waals surface area contributed by atoms with Crippen molar-refractivity contribution in [1.82, 2.24) is 0 Å². The summed E-state index contributed by atoms with van der Waals surface area (Å²) in [5.41, 5.74) is 1.48. The van der Waals surface area contributed by atoms with Crippen LogP contribution < -0.4 is 0 Å². The van der Waals surface area contributed by atoms with Crippen LogP contribution in [0, 0.1) is 0 Å². The molecular formula is C21H32O4. The van der Waals surface area contributed by atoms with Crippen LogP contribution in [0.5, 0.6) is 0 Å². The number of aliphatic hydroxyl groups is 1. The highest BCUT2D eigenvalue weighted by atomic mass is 16.7. The maximum absolute atomic E-state index is 11.6. The lowest BCUT2D eigenvalue weighted by Crippen LogP contribution is -2.35. The Kier molecular flexibility index (Phi) is 7.76. The van der Waals surface area contributed by atoms with Crippen LogP contribution in [0.4, 0.5) is 4.79 Å². The van der Waals surface area contributed by atoms with Crippen molar-refractivity contribution in [3.8, 4) is 0 Å². The van der Waals surface area contributed by atoms with Gasteiger partial charge in [0.25, 0.3) is 0 Å². The van der Waals surface area contributed by atoms with Crippen LogP contribution in [0.1, 0.15) is 76.3 Å². The van der Waals surface area contributed by atoms with Crippen LogP contribution in [0.15, 0.2) is 24.3 Å². The molecule has 1 aromatic carbocycles. The van der Waals surface area contributed by atoms with Crippen molar-refractivity contribution >= 4 is 6.16 Å². The number of rotatable bonds is 8. The summed E-state index contributed by atoms with van der Waals surface area (Å²) in [6.45, 7) is 4.65. The van der Waals surface area contributed by atoms with Gasteiger partial charge in [-0.3, -0.25) is 0 Å². The Morgan fingerprint density at radius 3 is 2.36 bits per heavy atom. The molecule has 0 unspecified atom stereocenters. The quantitative estimate of drug-likeness (QED) is 0.524. The largest absolute Gasteiger partial charge is 0.508 e. The van der Waals surface area contributed by atoms with E-state index in [-0.39, 0.29) is 6.10 Å². The van der Waals surface area contributed by atoms with Crippen LogP contribution in [0.3, 0.4) is 0 Å². The van der Waals surface area contributed by atoms with E-state index in [4.69, 9.17) is 9.47 Å². The average molecular weight is 348 g/mol. The summed E-state index contributed by atoms with van der Waals surface area (Å²) in [5, 5.41) is 11.0. The number of hydrogen-bond donors (Lipinski definition) is 1. The minimum Gasteiger partial charge on any atom is -0.434 e. The third-order valence-corrected chi connectivity index (χ3v) is 5.05. The van der Waals surface area contributed by atoms with Gasteiger partial charge in [0.1, 0.15) is 6.10 Å². The van der Waals surface area contributed by atoms with Crippen molar-refractivity contribution in [2.75, 3.05) is 6.61 Å². The molecule has 0 aliphatic heterocycles. The Morgan fingerprint density at radius 1 is 1.12 bits per heavy atom. The van der Waals surface area contributed by atoms with E-state index in [0.29, 0.717) is 32.3 Å². The zero-order valence-electron chi connectivity index (χ0n) is 15.6. The minimum absolute atomic E-state index is 0.154. The predicted octanol–water partition coefficient (Wildman–Crippen LogP) is 5.11. The van der Waals surface area contributed by atoms with Crippen molar-refractivity contribution in [3.05, 3.63) is 35.4 Å². The van der Waals surface area contributed by atoms with E-state index in [0.717, 1.165) is 24.8 Å². The number of carbonyl (C=O) groups excluding carboxylic acids is 1. The van der Waals surface area contributed by atoms with Crippen molar-refractivity contribution in [2.24, 2.45) is 0 Å². The smallest absolute Gasteiger partial charge is 0.434 e. The van der Waals surface area contributed by atoms with Crippen LogP contribution in [0.2, 0.25) is 0 Å². The van der Waals surface area contributed by atoms with Gasteiger partial charge in [-0.05, 0) is 56.1 Å². The third-order valence-electron chi connectivity index (χ3n) is 5.05. The molecule has 0 aromatic heterocycles. The Hall–Kier alpha value is -1.55. The first-order valence-electron chi connectivity index (χ1n) is 9.72. The summed E-state index contributed by atoms with van der Waals surface area (Å²) in [6, 6.07) is 8.34. The molecule has 0 atom stereocenters. The van der Waals surface area contributed by atoms with Crippen LogP contribution in [-0.2, 0) is 21.5 Å². The normalized spacial score (nSPS) is 23.2. The fourth-order valence-electron chi connectivity index (χ4n) is 3.31. The number of carbonyl (C=O) groups is 1. The number of unbranched alkanes of at least 4 members (excludes halogenated alkanes) is 2. The third kappa shape index (κ3) is 6.03.